The molecule has 0 fully saturated rings. The van der Waals surface area contributed by atoms with Gasteiger partial charge in [-0.3, -0.25) is 9.36 Å². The lowest BCUT2D eigenvalue weighted by molar-refractivity contribution is 0.572. The van der Waals surface area contributed by atoms with E-state index in [0.717, 1.165) is 40.0 Å². The summed E-state index contributed by atoms with van der Waals surface area (Å²) < 4.78 is 32.0. The first-order chi connectivity index (χ1) is 14.9. The van der Waals surface area contributed by atoms with Gasteiger partial charge in [0.15, 0.2) is 0 Å². The zero-order chi connectivity index (χ0) is 22.0. The normalized spacial score (nSPS) is 12.8. The molecule has 0 aliphatic heterocycles. The van der Waals surface area contributed by atoms with Crippen molar-refractivity contribution >= 4 is 31.6 Å². The van der Waals surface area contributed by atoms with Crippen molar-refractivity contribution in [2.75, 3.05) is 0 Å². The molecular weight excluding hydrogens is 428 g/mol. The fraction of sp³-hybridized carbons (Fsp3) is 0.208. The molecule has 0 amide bonds. The van der Waals surface area contributed by atoms with E-state index in [1.54, 1.807) is 22.8 Å². The van der Waals surface area contributed by atoms with E-state index in [2.05, 4.69) is 4.72 Å². The Morgan fingerprint density at radius 2 is 1.71 bits per heavy atom. The molecule has 31 heavy (non-hydrogen) atoms. The standard InChI is InChI=1S/C24H24N2O3S2/c1-3-15-26-21-14-13-19(16-22(21)30-24(26)27)31(28,29)25-23(18-10-5-4-6-11-18)20-12-8-7-9-17(20)2/h4-14,16,23,25H,3,15H2,1-2H3/t23-/m0/s1. The van der Waals surface area contributed by atoms with Crippen LogP contribution in [0.2, 0.25) is 0 Å². The van der Waals surface area contributed by atoms with Crippen LogP contribution in [0.5, 0.6) is 0 Å². The summed E-state index contributed by atoms with van der Waals surface area (Å²) in [6, 6.07) is 21.7. The summed E-state index contributed by atoms with van der Waals surface area (Å²) in [4.78, 5) is 12.4. The van der Waals surface area contributed by atoms with Crippen LogP contribution in [0.3, 0.4) is 0 Å². The van der Waals surface area contributed by atoms with Crippen molar-refractivity contribution in [3.05, 3.63) is 99.2 Å². The molecule has 5 nitrogen and oxygen atoms in total. The predicted octanol–water partition coefficient (Wildman–Crippen LogP) is 4.85. The molecule has 1 heterocycles. The second kappa shape index (κ2) is 8.78. The van der Waals surface area contributed by atoms with E-state index in [9.17, 15) is 13.2 Å². The molecule has 1 N–H and O–H groups in total. The summed E-state index contributed by atoms with van der Waals surface area (Å²) in [6.45, 7) is 4.60. The van der Waals surface area contributed by atoms with Gasteiger partial charge < -0.3 is 0 Å². The van der Waals surface area contributed by atoms with E-state index in [0.29, 0.717) is 11.2 Å². The van der Waals surface area contributed by atoms with Gasteiger partial charge in [0.05, 0.1) is 21.2 Å². The molecule has 0 aliphatic rings. The van der Waals surface area contributed by atoms with Crippen molar-refractivity contribution in [2.45, 2.75) is 37.8 Å². The first-order valence-electron chi connectivity index (χ1n) is 10.2. The van der Waals surface area contributed by atoms with E-state index >= 15 is 0 Å². The molecule has 160 valence electrons. The maximum absolute atomic E-state index is 13.4. The Balaban J connectivity index is 1.76. The number of hydrogen-bond donors (Lipinski definition) is 1. The Morgan fingerprint density at radius 3 is 2.42 bits per heavy atom. The smallest absolute Gasteiger partial charge is 0.299 e. The molecule has 4 rings (SSSR count). The van der Waals surface area contributed by atoms with Crippen molar-refractivity contribution in [1.29, 1.82) is 0 Å². The van der Waals surface area contributed by atoms with Crippen LogP contribution >= 0.6 is 11.3 Å². The van der Waals surface area contributed by atoms with Crippen molar-refractivity contribution in [2.24, 2.45) is 0 Å². The van der Waals surface area contributed by atoms with E-state index in [4.69, 9.17) is 0 Å². The van der Waals surface area contributed by atoms with E-state index in [-0.39, 0.29) is 9.77 Å². The molecule has 4 aromatic rings. The summed E-state index contributed by atoms with van der Waals surface area (Å²) in [5.41, 5.74) is 3.54. The van der Waals surface area contributed by atoms with E-state index in [1.165, 1.54) is 0 Å². The molecule has 3 aromatic carbocycles. The molecule has 0 unspecified atom stereocenters. The third-order valence-corrected chi connectivity index (χ3v) is 7.67. The number of hydrogen-bond acceptors (Lipinski definition) is 4. The van der Waals surface area contributed by atoms with Gasteiger partial charge in [-0.25, -0.2) is 8.42 Å². The number of fused-ring (bicyclic) bond motifs is 1. The molecule has 0 aliphatic carbocycles. The SMILES string of the molecule is CCCn1c(=O)sc2cc(S(=O)(=O)N[C@@H](c3ccccc3)c3ccccc3C)ccc21. The van der Waals surface area contributed by atoms with Crippen LogP contribution in [0.25, 0.3) is 10.2 Å². The fourth-order valence-corrected chi connectivity index (χ4v) is 6.00. The van der Waals surface area contributed by atoms with Gasteiger partial charge in [-0.05, 0) is 48.2 Å². The third-order valence-electron chi connectivity index (χ3n) is 5.30. The van der Waals surface area contributed by atoms with Crippen LogP contribution in [0.1, 0.15) is 36.1 Å². The quantitative estimate of drug-likeness (QED) is 0.436. The maximum atomic E-state index is 13.4. The van der Waals surface area contributed by atoms with Crippen LogP contribution in [0.4, 0.5) is 0 Å². The maximum Gasteiger partial charge on any atom is 0.308 e. The Labute approximate surface area is 186 Å². The fourth-order valence-electron chi connectivity index (χ4n) is 3.74. The average Bonchev–Trinajstić information content (AvgIpc) is 3.08. The summed E-state index contributed by atoms with van der Waals surface area (Å²) in [5.74, 6) is 0. The first-order valence-corrected chi connectivity index (χ1v) is 12.5. The van der Waals surface area contributed by atoms with Crippen molar-refractivity contribution in [1.82, 2.24) is 9.29 Å². The second-order valence-corrected chi connectivity index (χ2v) is 10.2. The van der Waals surface area contributed by atoms with Crippen molar-refractivity contribution in [3.63, 3.8) is 0 Å². The number of sulfonamides is 1. The molecular formula is C24H24N2O3S2. The highest BCUT2D eigenvalue weighted by Crippen LogP contribution is 2.28. The van der Waals surface area contributed by atoms with Gasteiger partial charge in [0.1, 0.15) is 0 Å². The van der Waals surface area contributed by atoms with Gasteiger partial charge in [-0.1, -0.05) is 72.9 Å². The highest BCUT2D eigenvalue weighted by Gasteiger charge is 2.24. The largest absolute Gasteiger partial charge is 0.308 e. The lowest BCUT2D eigenvalue weighted by Gasteiger charge is -2.21. The highest BCUT2D eigenvalue weighted by molar-refractivity contribution is 7.89. The van der Waals surface area contributed by atoms with E-state index < -0.39 is 16.1 Å². The molecule has 0 bridgehead atoms. The Bertz CT molecular complexity index is 1370. The van der Waals surface area contributed by atoms with Crippen LogP contribution in [0.15, 0.2) is 82.5 Å². The van der Waals surface area contributed by atoms with Gasteiger partial charge in [0.25, 0.3) is 0 Å². The lowest BCUT2D eigenvalue weighted by Crippen LogP contribution is -2.30. The van der Waals surface area contributed by atoms with Crippen molar-refractivity contribution in [3.8, 4) is 0 Å². The second-order valence-electron chi connectivity index (χ2n) is 7.47. The number of aromatic nitrogens is 1. The van der Waals surface area contributed by atoms with Crippen LogP contribution < -0.4 is 9.60 Å². The molecule has 0 radical (unpaired) electrons. The number of rotatable bonds is 7. The number of benzene rings is 3. The number of nitrogens with zero attached hydrogens (tertiary/aromatic N) is 1. The van der Waals surface area contributed by atoms with Gasteiger partial charge in [-0.2, -0.15) is 4.72 Å². The monoisotopic (exact) mass is 452 g/mol. The average molecular weight is 453 g/mol. The number of thiazole rings is 1. The zero-order valence-corrected chi connectivity index (χ0v) is 19.0. The number of aryl methyl sites for hydroxylation is 2. The molecule has 1 aromatic heterocycles. The minimum atomic E-state index is -3.83. The van der Waals surface area contributed by atoms with Gasteiger partial charge >= 0.3 is 4.87 Å². The third kappa shape index (κ3) is 4.35. The van der Waals surface area contributed by atoms with Crippen LogP contribution in [-0.4, -0.2) is 13.0 Å². The summed E-state index contributed by atoms with van der Waals surface area (Å²) in [6.07, 6.45) is 0.836. The lowest BCUT2D eigenvalue weighted by atomic mass is 9.96. The summed E-state index contributed by atoms with van der Waals surface area (Å²) in [7, 11) is -3.83. The van der Waals surface area contributed by atoms with Crippen LogP contribution in [-0.2, 0) is 16.6 Å². The predicted molar refractivity (Wildman–Crippen MR) is 126 cm³/mol. The topological polar surface area (TPSA) is 68.2 Å². The summed E-state index contributed by atoms with van der Waals surface area (Å²) >= 11 is 1.08. The Kier molecular flexibility index (Phi) is 6.09. The Morgan fingerprint density at radius 1 is 1.00 bits per heavy atom. The number of nitrogens with one attached hydrogen (secondary N) is 1. The molecule has 7 heteroatoms. The van der Waals surface area contributed by atoms with E-state index in [1.807, 2.05) is 68.4 Å². The van der Waals surface area contributed by atoms with Gasteiger partial charge in [0, 0.05) is 6.54 Å². The minimum Gasteiger partial charge on any atom is -0.299 e. The molecule has 0 saturated carbocycles. The van der Waals surface area contributed by atoms with Crippen molar-refractivity contribution < 1.29 is 8.42 Å². The molecule has 1 atom stereocenters. The first kappa shape index (κ1) is 21.5. The molecule has 0 spiro atoms. The highest BCUT2D eigenvalue weighted by atomic mass is 32.2. The summed E-state index contributed by atoms with van der Waals surface area (Å²) in [5, 5.41) is 0. The van der Waals surface area contributed by atoms with Gasteiger partial charge in [0.2, 0.25) is 10.0 Å². The van der Waals surface area contributed by atoms with Crippen LogP contribution in [0, 0.1) is 6.92 Å². The van der Waals surface area contributed by atoms with Gasteiger partial charge in [-0.15, -0.1) is 0 Å². The minimum absolute atomic E-state index is 0.0681. The zero-order valence-electron chi connectivity index (χ0n) is 17.4. The Hall–Kier alpha value is -2.74. The molecule has 0 saturated heterocycles.